The smallest absolute Gasteiger partial charge is 0.0607 e. The summed E-state index contributed by atoms with van der Waals surface area (Å²) in [5.41, 5.74) is 8.86. The van der Waals surface area contributed by atoms with Crippen LogP contribution in [0.2, 0.25) is 0 Å². The summed E-state index contributed by atoms with van der Waals surface area (Å²) in [4.78, 5) is 0. The minimum atomic E-state index is 0.142. The second-order valence-electron chi connectivity index (χ2n) is 5.44. The Morgan fingerprint density at radius 2 is 1.94 bits per heavy atom. The molecule has 0 bridgehead atoms. The van der Waals surface area contributed by atoms with Gasteiger partial charge in [-0.05, 0) is 23.5 Å². The maximum Gasteiger partial charge on any atom is 0.0607 e. The van der Waals surface area contributed by atoms with E-state index >= 15 is 0 Å². The predicted octanol–water partition coefficient (Wildman–Crippen LogP) is 3.02. The van der Waals surface area contributed by atoms with Gasteiger partial charge in [-0.2, -0.15) is 11.8 Å². The molecule has 2 nitrogen and oxygen atoms in total. The van der Waals surface area contributed by atoms with E-state index in [1.54, 1.807) is 0 Å². The molecule has 1 fully saturated rings. The molecule has 0 aliphatic carbocycles. The zero-order valence-corrected chi connectivity index (χ0v) is 12.1. The molecule has 3 heteroatoms. The van der Waals surface area contributed by atoms with Crippen LogP contribution in [0.1, 0.15) is 31.0 Å². The normalized spacial score (nSPS) is 17.8. The van der Waals surface area contributed by atoms with Crippen molar-refractivity contribution in [2.45, 2.75) is 31.6 Å². The van der Waals surface area contributed by atoms with Gasteiger partial charge >= 0.3 is 0 Å². The molecule has 18 heavy (non-hydrogen) atoms. The molecule has 1 aromatic rings. The van der Waals surface area contributed by atoms with Gasteiger partial charge in [-0.1, -0.05) is 38.1 Å². The standard InChI is InChI=1S/C15H23NOS/c1-11(2)7-12-3-5-13(6-4-12)15(16)10-18-14-8-17-9-14/h3-6,11,14-15H,7-10,16H2,1-2H3. The minimum Gasteiger partial charge on any atom is -0.379 e. The molecule has 2 N–H and O–H groups in total. The van der Waals surface area contributed by atoms with Crippen LogP contribution in [0.25, 0.3) is 0 Å². The Morgan fingerprint density at radius 3 is 2.44 bits per heavy atom. The van der Waals surface area contributed by atoms with Crippen molar-refractivity contribution >= 4 is 11.8 Å². The Bertz CT molecular complexity index is 359. The Balaban J connectivity index is 1.83. The van der Waals surface area contributed by atoms with Gasteiger partial charge in [0.15, 0.2) is 0 Å². The molecule has 0 amide bonds. The van der Waals surface area contributed by atoms with Crippen LogP contribution in [0, 0.1) is 5.92 Å². The molecular formula is C15H23NOS. The van der Waals surface area contributed by atoms with Crippen LogP contribution in [0.5, 0.6) is 0 Å². The Kier molecular flexibility index (Phi) is 5.10. The fraction of sp³-hybridized carbons (Fsp3) is 0.600. The second kappa shape index (κ2) is 6.60. The van der Waals surface area contributed by atoms with Crippen LogP contribution in [-0.2, 0) is 11.2 Å². The van der Waals surface area contributed by atoms with E-state index in [0.717, 1.165) is 25.4 Å². The molecule has 1 unspecified atom stereocenters. The fourth-order valence-corrected chi connectivity index (χ4v) is 3.08. The van der Waals surface area contributed by atoms with Gasteiger partial charge in [0.25, 0.3) is 0 Å². The number of ether oxygens (including phenoxy) is 1. The van der Waals surface area contributed by atoms with Gasteiger partial charge in [0.05, 0.1) is 18.5 Å². The number of rotatable bonds is 6. The largest absolute Gasteiger partial charge is 0.379 e. The molecule has 1 atom stereocenters. The van der Waals surface area contributed by atoms with E-state index < -0.39 is 0 Å². The summed E-state index contributed by atoms with van der Waals surface area (Å²) < 4.78 is 5.16. The highest BCUT2D eigenvalue weighted by Gasteiger charge is 2.20. The van der Waals surface area contributed by atoms with Crippen molar-refractivity contribution in [1.29, 1.82) is 0 Å². The summed E-state index contributed by atoms with van der Waals surface area (Å²) in [6, 6.07) is 8.93. The van der Waals surface area contributed by atoms with Crippen molar-refractivity contribution in [3.8, 4) is 0 Å². The summed E-state index contributed by atoms with van der Waals surface area (Å²) in [7, 11) is 0. The molecule has 0 spiro atoms. The van der Waals surface area contributed by atoms with E-state index in [2.05, 4.69) is 38.1 Å². The van der Waals surface area contributed by atoms with Gasteiger partial charge < -0.3 is 10.5 Å². The molecule has 0 radical (unpaired) electrons. The van der Waals surface area contributed by atoms with E-state index in [0.29, 0.717) is 11.2 Å². The van der Waals surface area contributed by atoms with Crippen molar-refractivity contribution in [2.75, 3.05) is 19.0 Å². The summed E-state index contributed by atoms with van der Waals surface area (Å²) >= 11 is 1.93. The van der Waals surface area contributed by atoms with Crippen LogP contribution >= 0.6 is 11.8 Å². The number of hydrogen-bond acceptors (Lipinski definition) is 3. The van der Waals surface area contributed by atoms with Crippen molar-refractivity contribution in [3.63, 3.8) is 0 Å². The molecule has 1 saturated heterocycles. The monoisotopic (exact) mass is 265 g/mol. The van der Waals surface area contributed by atoms with Crippen molar-refractivity contribution in [2.24, 2.45) is 11.7 Å². The molecule has 1 aromatic carbocycles. The first-order valence-electron chi connectivity index (χ1n) is 6.69. The maximum atomic E-state index is 6.21. The summed E-state index contributed by atoms with van der Waals surface area (Å²) in [5, 5.41) is 0.663. The molecule has 0 aromatic heterocycles. The lowest BCUT2D eigenvalue weighted by Crippen LogP contribution is -2.31. The molecule has 0 saturated carbocycles. The highest BCUT2D eigenvalue weighted by atomic mass is 32.2. The molecular weight excluding hydrogens is 242 g/mol. The SMILES string of the molecule is CC(C)Cc1ccc(C(N)CSC2COC2)cc1. The zero-order chi connectivity index (χ0) is 13.0. The predicted molar refractivity (Wildman–Crippen MR) is 79.0 cm³/mol. The average Bonchev–Trinajstić information content (AvgIpc) is 2.27. The third kappa shape index (κ3) is 4.01. The van der Waals surface area contributed by atoms with Gasteiger partial charge in [-0.25, -0.2) is 0 Å². The van der Waals surface area contributed by atoms with Gasteiger partial charge in [-0.3, -0.25) is 0 Å². The van der Waals surface area contributed by atoms with E-state index in [-0.39, 0.29) is 6.04 Å². The summed E-state index contributed by atoms with van der Waals surface area (Å²) in [5.74, 6) is 1.69. The third-order valence-electron chi connectivity index (χ3n) is 3.17. The Hall–Kier alpha value is -0.510. The number of nitrogens with two attached hydrogens (primary N) is 1. The van der Waals surface area contributed by atoms with Crippen LogP contribution in [0.15, 0.2) is 24.3 Å². The first kappa shape index (κ1) is 13.9. The first-order chi connectivity index (χ1) is 8.65. The Labute approximate surface area is 114 Å². The van der Waals surface area contributed by atoms with Crippen molar-refractivity contribution < 1.29 is 4.74 Å². The lowest BCUT2D eigenvalue weighted by Gasteiger charge is -2.26. The summed E-state index contributed by atoms with van der Waals surface area (Å²) in [6.07, 6.45) is 1.14. The maximum absolute atomic E-state index is 6.21. The molecule has 1 heterocycles. The lowest BCUT2D eigenvalue weighted by atomic mass is 10.0. The number of benzene rings is 1. The van der Waals surface area contributed by atoms with Crippen molar-refractivity contribution in [1.82, 2.24) is 0 Å². The van der Waals surface area contributed by atoms with E-state index in [1.165, 1.54) is 11.1 Å². The first-order valence-corrected chi connectivity index (χ1v) is 7.74. The van der Waals surface area contributed by atoms with E-state index in [9.17, 15) is 0 Å². The van der Waals surface area contributed by atoms with Gasteiger partial charge in [0, 0.05) is 11.8 Å². The van der Waals surface area contributed by atoms with E-state index in [4.69, 9.17) is 10.5 Å². The molecule has 100 valence electrons. The quantitative estimate of drug-likeness (QED) is 0.858. The zero-order valence-electron chi connectivity index (χ0n) is 11.3. The number of hydrogen-bond donors (Lipinski definition) is 1. The molecule has 1 aliphatic rings. The lowest BCUT2D eigenvalue weighted by molar-refractivity contribution is 0.0455. The van der Waals surface area contributed by atoms with Crippen LogP contribution in [0.4, 0.5) is 0 Å². The topological polar surface area (TPSA) is 35.2 Å². The second-order valence-corrected chi connectivity index (χ2v) is 6.77. The summed E-state index contributed by atoms with van der Waals surface area (Å²) in [6.45, 7) is 6.28. The highest BCUT2D eigenvalue weighted by Crippen LogP contribution is 2.24. The third-order valence-corrected chi connectivity index (χ3v) is 4.47. The molecule has 1 aliphatic heterocycles. The highest BCUT2D eigenvalue weighted by molar-refractivity contribution is 8.00. The van der Waals surface area contributed by atoms with Gasteiger partial charge in [-0.15, -0.1) is 0 Å². The van der Waals surface area contributed by atoms with Crippen LogP contribution in [-0.4, -0.2) is 24.2 Å². The van der Waals surface area contributed by atoms with Crippen molar-refractivity contribution in [3.05, 3.63) is 35.4 Å². The Morgan fingerprint density at radius 1 is 1.28 bits per heavy atom. The number of thioether (sulfide) groups is 1. The van der Waals surface area contributed by atoms with Crippen LogP contribution in [0.3, 0.4) is 0 Å². The fourth-order valence-electron chi connectivity index (χ4n) is 2.02. The minimum absolute atomic E-state index is 0.142. The average molecular weight is 265 g/mol. The molecule has 2 rings (SSSR count). The van der Waals surface area contributed by atoms with E-state index in [1.807, 2.05) is 11.8 Å². The van der Waals surface area contributed by atoms with Gasteiger partial charge in [0.1, 0.15) is 0 Å². The van der Waals surface area contributed by atoms with Crippen LogP contribution < -0.4 is 5.73 Å². The van der Waals surface area contributed by atoms with Gasteiger partial charge in [0.2, 0.25) is 0 Å².